The summed E-state index contributed by atoms with van der Waals surface area (Å²) in [7, 11) is 3.21. The molecule has 2 rings (SSSR count). The minimum Gasteiger partial charge on any atom is -0.496 e. The molecule has 1 atom stereocenters. The maximum absolute atomic E-state index is 6.37. The predicted molar refractivity (Wildman–Crippen MR) is 92.4 cm³/mol. The van der Waals surface area contributed by atoms with E-state index in [-0.39, 0.29) is 0 Å². The number of benzene rings is 2. The van der Waals surface area contributed by atoms with Gasteiger partial charge in [-0.05, 0) is 45.8 Å². The Kier molecular flexibility index (Phi) is 5.54. The first-order valence-corrected chi connectivity index (χ1v) is 8.06. The SMILES string of the molecule is COc1cc(C(N)c2ccc(Br)cc2Cl)c(OC)cc1Br. The molecule has 21 heavy (non-hydrogen) atoms. The summed E-state index contributed by atoms with van der Waals surface area (Å²) in [5, 5.41) is 0.598. The molecule has 2 aromatic carbocycles. The van der Waals surface area contributed by atoms with Gasteiger partial charge in [-0.3, -0.25) is 0 Å². The Labute approximate surface area is 145 Å². The van der Waals surface area contributed by atoms with Gasteiger partial charge in [0.15, 0.2) is 0 Å². The van der Waals surface area contributed by atoms with Crippen molar-refractivity contribution in [3.05, 3.63) is 55.4 Å². The van der Waals surface area contributed by atoms with Crippen LogP contribution in [0.3, 0.4) is 0 Å². The first-order chi connectivity index (χ1) is 9.97. The smallest absolute Gasteiger partial charge is 0.133 e. The van der Waals surface area contributed by atoms with Gasteiger partial charge in [-0.15, -0.1) is 0 Å². The van der Waals surface area contributed by atoms with Crippen LogP contribution in [0.25, 0.3) is 0 Å². The first kappa shape index (κ1) is 16.6. The highest BCUT2D eigenvalue weighted by atomic mass is 79.9. The molecule has 2 N–H and O–H groups in total. The van der Waals surface area contributed by atoms with Crippen molar-refractivity contribution in [1.82, 2.24) is 0 Å². The van der Waals surface area contributed by atoms with Crippen molar-refractivity contribution in [1.29, 1.82) is 0 Å². The monoisotopic (exact) mass is 433 g/mol. The Morgan fingerprint density at radius 2 is 1.67 bits per heavy atom. The van der Waals surface area contributed by atoms with Crippen molar-refractivity contribution in [3.63, 3.8) is 0 Å². The van der Waals surface area contributed by atoms with E-state index in [1.807, 2.05) is 30.3 Å². The molecule has 0 aliphatic rings. The minimum absolute atomic E-state index is 0.414. The van der Waals surface area contributed by atoms with E-state index in [0.717, 1.165) is 20.1 Å². The summed E-state index contributed by atoms with van der Waals surface area (Å²) >= 11 is 13.1. The molecule has 112 valence electrons. The summed E-state index contributed by atoms with van der Waals surface area (Å²) < 4.78 is 12.4. The molecule has 0 fully saturated rings. The van der Waals surface area contributed by atoms with E-state index in [1.54, 1.807) is 14.2 Å². The Hall–Kier alpha value is -0.750. The van der Waals surface area contributed by atoms with Crippen LogP contribution in [-0.2, 0) is 0 Å². The molecule has 0 radical (unpaired) electrons. The maximum Gasteiger partial charge on any atom is 0.133 e. The Balaban J connectivity index is 2.53. The molecule has 0 heterocycles. The van der Waals surface area contributed by atoms with Crippen LogP contribution in [0.15, 0.2) is 39.3 Å². The zero-order chi connectivity index (χ0) is 15.6. The van der Waals surface area contributed by atoms with Crippen LogP contribution in [0.1, 0.15) is 17.2 Å². The quantitative estimate of drug-likeness (QED) is 0.741. The number of ether oxygens (including phenoxy) is 2. The molecule has 0 bridgehead atoms. The first-order valence-electron chi connectivity index (χ1n) is 6.10. The van der Waals surface area contributed by atoms with E-state index in [9.17, 15) is 0 Å². The number of nitrogens with two attached hydrogens (primary N) is 1. The molecule has 0 aromatic heterocycles. The highest BCUT2D eigenvalue weighted by Gasteiger charge is 2.19. The lowest BCUT2D eigenvalue weighted by Crippen LogP contribution is -2.14. The van der Waals surface area contributed by atoms with E-state index in [1.165, 1.54) is 0 Å². The molecule has 0 amide bonds. The highest BCUT2D eigenvalue weighted by Crippen LogP contribution is 2.38. The molecule has 2 aromatic rings. The largest absolute Gasteiger partial charge is 0.496 e. The number of rotatable bonds is 4. The molecule has 1 unspecified atom stereocenters. The Morgan fingerprint density at radius 3 is 2.24 bits per heavy atom. The van der Waals surface area contributed by atoms with Crippen LogP contribution in [0.5, 0.6) is 11.5 Å². The predicted octanol–water partition coefficient (Wildman–Crippen LogP) is 4.93. The number of hydrogen-bond acceptors (Lipinski definition) is 3. The van der Waals surface area contributed by atoms with Crippen molar-refractivity contribution in [2.24, 2.45) is 5.73 Å². The van der Waals surface area contributed by atoms with Crippen LogP contribution in [0.4, 0.5) is 0 Å². The molecular formula is C15H14Br2ClNO2. The van der Waals surface area contributed by atoms with Gasteiger partial charge < -0.3 is 15.2 Å². The summed E-state index contributed by atoms with van der Waals surface area (Å²) in [6, 6.07) is 8.89. The fourth-order valence-electron chi connectivity index (χ4n) is 2.05. The van der Waals surface area contributed by atoms with E-state index in [2.05, 4.69) is 31.9 Å². The van der Waals surface area contributed by atoms with Gasteiger partial charge in [0, 0.05) is 15.1 Å². The maximum atomic E-state index is 6.37. The van der Waals surface area contributed by atoms with Crippen LogP contribution >= 0.6 is 43.5 Å². The third-order valence-electron chi connectivity index (χ3n) is 3.14. The molecule has 0 aliphatic carbocycles. The van der Waals surface area contributed by atoms with Gasteiger partial charge in [0.25, 0.3) is 0 Å². The number of halogens is 3. The van der Waals surface area contributed by atoms with Crippen molar-refractivity contribution >= 4 is 43.5 Å². The second-order valence-electron chi connectivity index (χ2n) is 4.37. The zero-order valence-electron chi connectivity index (χ0n) is 11.5. The number of methoxy groups -OCH3 is 2. The van der Waals surface area contributed by atoms with Gasteiger partial charge >= 0.3 is 0 Å². The molecule has 3 nitrogen and oxygen atoms in total. The van der Waals surface area contributed by atoms with Crippen molar-refractivity contribution in [2.75, 3.05) is 14.2 Å². The Morgan fingerprint density at radius 1 is 1.00 bits per heavy atom. The van der Waals surface area contributed by atoms with Gasteiger partial charge in [-0.25, -0.2) is 0 Å². The van der Waals surface area contributed by atoms with Crippen molar-refractivity contribution < 1.29 is 9.47 Å². The summed E-state index contributed by atoms with van der Waals surface area (Å²) in [6.07, 6.45) is 0. The zero-order valence-corrected chi connectivity index (χ0v) is 15.4. The van der Waals surface area contributed by atoms with Gasteiger partial charge in [0.1, 0.15) is 11.5 Å². The molecule has 0 saturated heterocycles. The van der Waals surface area contributed by atoms with Gasteiger partial charge in [0.2, 0.25) is 0 Å². The average Bonchev–Trinajstić information content (AvgIpc) is 2.46. The van der Waals surface area contributed by atoms with Crippen LogP contribution in [0.2, 0.25) is 5.02 Å². The summed E-state index contributed by atoms with van der Waals surface area (Å²) in [5.74, 6) is 1.36. The van der Waals surface area contributed by atoms with Crippen LogP contribution in [0, 0.1) is 0 Å². The molecular weight excluding hydrogens is 421 g/mol. The fraction of sp³-hybridized carbons (Fsp3) is 0.200. The van der Waals surface area contributed by atoms with Gasteiger partial charge in [-0.2, -0.15) is 0 Å². The van der Waals surface area contributed by atoms with E-state index in [4.69, 9.17) is 26.8 Å². The lowest BCUT2D eigenvalue weighted by molar-refractivity contribution is 0.395. The highest BCUT2D eigenvalue weighted by molar-refractivity contribution is 9.10. The third kappa shape index (κ3) is 3.54. The summed E-state index contributed by atoms with van der Waals surface area (Å²) in [5.41, 5.74) is 8.00. The van der Waals surface area contributed by atoms with Gasteiger partial charge in [-0.1, -0.05) is 33.6 Å². The van der Waals surface area contributed by atoms with E-state index >= 15 is 0 Å². The third-order valence-corrected chi connectivity index (χ3v) is 4.58. The molecule has 0 aliphatic heterocycles. The fourth-order valence-corrected chi connectivity index (χ4v) is 3.32. The summed E-state index contributed by atoms with van der Waals surface area (Å²) in [4.78, 5) is 0. The lowest BCUT2D eigenvalue weighted by Gasteiger charge is -2.19. The van der Waals surface area contributed by atoms with Gasteiger partial charge in [0.05, 0.1) is 24.7 Å². The molecule has 0 saturated carbocycles. The standard InChI is InChI=1S/C15H14Br2ClNO2/c1-20-13-7-11(17)14(21-2)6-10(13)15(19)9-4-3-8(16)5-12(9)18/h3-7,15H,19H2,1-2H3. The van der Waals surface area contributed by atoms with E-state index < -0.39 is 6.04 Å². The molecule has 6 heteroatoms. The minimum atomic E-state index is -0.414. The van der Waals surface area contributed by atoms with Crippen molar-refractivity contribution in [3.8, 4) is 11.5 Å². The number of hydrogen-bond donors (Lipinski definition) is 1. The summed E-state index contributed by atoms with van der Waals surface area (Å²) in [6.45, 7) is 0. The van der Waals surface area contributed by atoms with E-state index in [0.29, 0.717) is 16.5 Å². The topological polar surface area (TPSA) is 44.5 Å². The second-order valence-corrected chi connectivity index (χ2v) is 6.55. The normalized spacial score (nSPS) is 12.1. The average molecular weight is 436 g/mol. The van der Waals surface area contributed by atoms with Crippen LogP contribution in [-0.4, -0.2) is 14.2 Å². The lowest BCUT2D eigenvalue weighted by atomic mass is 9.98. The second kappa shape index (κ2) is 7.01. The van der Waals surface area contributed by atoms with Crippen molar-refractivity contribution in [2.45, 2.75) is 6.04 Å². The molecule has 0 spiro atoms. The Bertz CT molecular complexity index is 664. The van der Waals surface area contributed by atoms with Crippen LogP contribution < -0.4 is 15.2 Å².